The molecule has 1 heterocycles. The van der Waals surface area contributed by atoms with E-state index in [1.807, 2.05) is 49.1 Å². The Morgan fingerprint density at radius 2 is 1.51 bits per heavy atom. The van der Waals surface area contributed by atoms with Crippen LogP contribution in [0.4, 0.5) is 5.69 Å². The molecule has 1 fully saturated rings. The lowest BCUT2D eigenvalue weighted by Gasteiger charge is -2.36. The lowest BCUT2D eigenvalue weighted by atomic mass is 9.97. The van der Waals surface area contributed by atoms with Crippen molar-refractivity contribution in [3.63, 3.8) is 0 Å². The van der Waals surface area contributed by atoms with Crippen molar-refractivity contribution in [2.45, 2.75) is 33.7 Å². The molecule has 0 aliphatic carbocycles. The number of amides is 1. The fourth-order valence-corrected chi connectivity index (χ4v) is 4.89. The summed E-state index contributed by atoms with van der Waals surface area (Å²) in [6.07, 6.45) is 0.987. The molecular formula is C30H37N3O2. The Labute approximate surface area is 209 Å². The molecule has 0 spiro atoms. The van der Waals surface area contributed by atoms with Crippen LogP contribution in [0.3, 0.4) is 0 Å². The topological polar surface area (TPSA) is 47.0 Å². The lowest BCUT2D eigenvalue weighted by Crippen LogP contribution is -2.46. The summed E-state index contributed by atoms with van der Waals surface area (Å²) in [4.78, 5) is 19.4. The van der Waals surface area contributed by atoms with Crippen molar-refractivity contribution in [3.05, 3.63) is 83.4 Å². The summed E-state index contributed by atoms with van der Waals surface area (Å²) in [6.45, 7) is 12.6. The van der Waals surface area contributed by atoms with Crippen molar-refractivity contribution in [3.8, 4) is 16.9 Å². The Morgan fingerprint density at radius 3 is 2.14 bits per heavy atom. The summed E-state index contributed by atoms with van der Waals surface area (Å²) < 4.78 is 0. The number of aryl methyl sites for hydroxylation is 1. The number of carbonyl (C=O) groups excluding carboxylic acids is 1. The maximum absolute atomic E-state index is 12.6. The van der Waals surface area contributed by atoms with Crippen molar-refractivity contribution in [1.29, 1.82) is 0 Å². The van der Waals surface area contributed by atoms with Gasteiger partial charge >= 0.3 is 0 Å². The molecular weight excluding hydrogens is 434 g/mol. The van der Waals surface area contributed by atoms with Gasteiger partial charge in [-0.15, -0.1) is 0 Å². The first kappa shape index (κ1) is 24.8. The molecule has 0 atom stereocenters. The Bertz CT molecular complexity index is 1130. The first-order valence-electron chi connectivity index (χ1n) is 12.8. The summed E-state index contributed by atoms with van der Waals surface area (Å²) in [5.74, 6) is 0.404. The summed E-state index contributed by atoms with van der Waals surface area (Å²) in [7, 11) is 0. The van der Waals surface area contributed by atoms with Gasteiger partial charge in [-0.3, -0.25) is 9.69 Å². The van der Waals surface area contributed by atoms with Crippen LogP contribution in [-0.4, -0.2) is 60.1 Å². The third-order valence-corrected chi connectivity index (χ3v) is 7.06. The largest absolute Gasteiger partial charge is 0.508 e. The van der Waals surface area contributed by atoms with Gasteiger partial charge in [0.05, 0.1) is 0 Å². The number of aromatic hydroxyl groups is 1. The van der Waals surface area contributed by atoms with E-state index < -0.39 is 0 Å². The molecule has 0 aromatic heterocycles. The molecule has 0 radical (unpaired) electrons. The van der Waals surface area contributed by atoms with Crippen LogP contribution in [0.15, 0.2) is 66.7 Å². The van der Waals surface area contributed by atoms with Crippen molar-refractivity contribution < 1.29 is 9.90 Å². The van der Waals surface area contributed by atoms with Gasteiger partial charge < -0.3 is 14.9 Å². The number of benzene rings is 3. The highest BCUT2D eigenvalue weighted by Gasteiger charge is 2.19. The number of anilines is 1. The summed E-state index contributed by atoms with van der Waals surface area (Å²) in [5, 5.41) is 9.83. The van der Waals surface area contributed by atoms with E-state index in [-0.39, 0.29) is 5.91 Å². The Balaban J connectivity index is 1.36. The number of rotatable bonds is 8. The third kappa shape index (κ3) is 5.85. The standard InChI is InChI=1S/C30H37N3O2/c1-4-23-20-26(25-8-7-9-29(34)21-25)10-11-27(23)22-31-16-18-33(19-17-31)28-14-12-24(13-15-28)30(35)32(5-2)6-3/h7-15,20-21,34H,4-6,16-19,22H2,1-3H3. The number of hydrogen-bond acceptors (Lipinski definition) is 4. The molecule has 1 saturated heterocycles. The normalized spacial score (nSPS) is 14.2. The van der Waals surface area contributed by atoms with Gasteiger partial charge in [0.2, 0.25) is 0 Å². The van der Waals surface area contributed by atoms with E-state index in [0.29, 0.717) is 5.75 Å². The average molecular weight is 472 g/mol. The zero-order chi connectivity index (χ0) is 24.8. The zero-order valence-corrected chi connectivity index (χ0v) is 21.2. The minimum atomic E-state index is 0.105. The van der Waals surface area contributed by atoms with Gasteiger partial charge in [0, 0.05) is 57.1 Å². The van der Waals surface area contributed by atoms with Gasteiger partial charge in [-0.2, -0.15) is 0 Å². The Morgan fingerprint density at radius 1 is 0.829 bits per heavy atom. The number of phenols is 1. The van der Waals surface area contributed by atoms with Crippen LogP contribution in [-0.2, 0) is 13.0 Å². The van der Waals surface area contributed by atoms with Crippen LogP contribution in [0, 0.1) is 0 Å². The molecule has 1 amide bonds. The first-order chi connectivity index (χ1) is 17.0. The van der Waals surface area contributed by atoms with Crippen LogP contribution >= 0.6 is 0 Å². The number of hydrogen-bond donors (Lipinski definition) is 1. The predicted molar refractivity (Wildman–Crippen MR) is 144 cm³/mol. The van der Waals surface area contributed by atoms with Gasteiger partial charge in [0.1, 0.15) is 5.75 Å². The van der Waals surface area contributed by atoms with E-state index in [0.717, 1.165) is 68.9 Å². The monoisotopic (exact) mass is 471 g/mol. The number of nitrogens with zero attached hydrogens (tertiary/aromatic N) is 3. The molecule has 1 N–H and O–H groups in total. The van der Waals surface area contributed by atoms with E-state index in [1.165, 1.54) is 16.8 Å². The summed E-state index contributed by atoms with van der Waals surface area (Å²) in [6, 6.07) is 22.2. The predicted octanol–water partition coefficient (Wildman–Crippen LogP) is 5.43. The maximum atomic E-state index is 12.6. The minimum absolute atomic E-state index is 0.105. The van der Waals surface area contributed by atoms with E-state index in [9.17, 15) is 9.90 Å². The highest BCUT2D eigenvalue weighted by Crippen LogP contribution is 2.27. The van der Waals surface area contributed by atoms with Gasteiger partial charge in [0.25, 0.3) is 5.91 Å². The smallest absolute Gasteiger partial charge is 0.253 e. The number of carbonyl (C=O) groups is 1. The fourth-order valence-electron chi connectivity index (χ4n) is 4.89. The van der Waals surface area contributed by atoms with Crippen molar-refractivity contribution in [1.82, 2.24) is 9.80 Å². The van der Waals surface area contributed by atoms with Gasteiger partial charge in [-0.25, -0.2) is 0 Å². The highest BCUT2D eigenvalue weighted by molar-refractivity contribution is 5.94. The second-order valence-corrected chi connectivity index (χ2v) is 9.17. The fraction of sp³-hybridized carbons (Fsp3) is 0.367. The quantitative estimate of drug-likeness (QED) is 0.476. The summed E-state index contributed by atoms with van der Waals surface area (Å²) >= 11 is 0. The molecule has 3 aromatic carbocycles. The zero-order valence-electron chi connectivity index (χ0n) is 21.2. The molecule has 0 saturated carbocycles. The molecule has 1 aliphatic heterocycles. The van der Waals surface area contributed by atoms with Crippen LogP contribution in [0.2, 0.25) is 0 Å². The summed E-state index contributed by atoms with van der Waals surface area (Å²) in [5.41, 5.74) is 6.88. The average Bonchev–Trinajstić information content (AvgIpc) is 2.90. The van der Waals surface area contributed by atoms with Crippen molar-refractivity contribution in [2.24, 2.45) is 0 Å². The first-order valence-corrected chi connectivity index (χ1v) is 12.8. The van der Waals surface area contributed by atoms with Crippen LogP contribution in [0.25, 0.3) is 11.1 Å². The lowest BCUT2D eigenvalue weighted by molar-refractivity contribution is 0.0773. The SMILES string of the molecule is CCc1cc(-c2cccc(O)c2)ccc1CN1CCN(c2ccc(C(=O)N(CC)CC)cc2)CC1. The molecule has 35 heavy (non-hydrogen) atoms. The van der Waals surface area contributed by atoms with E-state index in [2.05, 4.69) is 47.1 Å². The number of piperazine rings is 1. The van der Waals surface area contributed by atoms with E-state index in [1.54, 1.807) is 6.07 Å². The minimum Gasteiger partial charge on any atom is -0.508 e. The maximum Gasteiger partial charge on any atom is 0.253 e. The molecule has 3 aromatic rings. The molecule has 4 rings (SSSR count). The van der Waals surface area contributed by atoms with Crippen LogP contribution in [0.5, 0.6) is 5.75 Å². The molecule has 5 heteroatoms. The van der Waals surface area contributed by atoms with Gasteiger partial charge in [-0.1, -0.05) is 37.3 Å². The third-order valence-electron chi connectivity index (χ3n) is 7.06. The molecule has 5 nitrogen and oxygen atoms in total. The van der Waals surface area contributed by atoms with Crippen LogP contribution < -0.4 is 4.90 Å². The highest BCUT2D eigenvalue weighted by atomic mass is 16.3. The Hall–Kier alpha value is -3.31. The Kier molecular flexibility index (Phi) is 8.09. The van der Waals surface area contributed by atoms with Gasteiger partial charge in [0.15, 0.2) is 0 Å². The second-order valence-electron chi connectivity index (χ2n) is 9.17. The van der Waals surface area contributed by atoms with Gasteiger partial charge in [-0.05, 0) is 78.9 Å². The van der Waals surface area contributed by atoms with Crippen molar-refractivity contribution >= 4 is 11.6 Å². The molecule has 0 unspecified atom stereocenters. The molecule has 184 valence electrons. The van der Waals surface area contributed by atoms with Crippen LogP contribution in [0.1, 0.15) is 42.3 Å². The molecule has 0 bridgehead atoms. The van der Waals surface area contributed by atoms with Crippen molar-refractivity contribution in [2.75, 3.05) is 44.2 Å². The van der Waals surface area contributed by atoms with E-state index >= 15 is 0 Å². The second kappa shape index (κ2) is 11.4. The van der Waals surface area contributed by atoms with E-state index in [4.69, 9.17) is 0 Å². The molecule has 1 aliphatic rings. The number of phenolic OH excluding ortho intramolecular Hbond substituents is 1.